The Morgan fingerprint density at radius 1 is 1.33 bits per heavy atom. The van der Waals surface area contributed by atoms with Gasteiger partial charge in [0.25, 0.3) is 5.91 Å². The van der Waals surface area contributed by atoms with Gasteiger partial charge in [0.15, 0.2) is 11.9 Å². The number of carbonyl (C=O) groups excluding carboxylic acids is 2. The van der Waals surface area contributed by atoms with Gasteiger partial charge in [-0.25, -0.2) is 0 Å². The van der Waals surface area contributed by atoms with Gasteiger partial charge in [0.1, 0.15) is 5.75 Å². The van der Waals surface area contributed by atoms with Gasteiger partial charge < -0.3 is 10.5 Å². The van der Waals surface area contributed by atoms with Gasteiger partial charge in [-0.1, -0.05) is 6.92 Å². The topological polar surface area (TPSA) is 69.4 Å². The zero-order valence-electron chi connectivity index (χ0n) is 10.4. The van der Waals surface area contributed by atoms with Crippen molar-refractivity contribution in [2.45, 2.75) is 32.3 Å². The summed E-state index contributed by atoms with van der Waals surface area (Å²) >= 11 is 0. The number of hydrogen-bond donors (Lipinski definition) is 1. The van der Waals surface area contributed by atoms with Crippen molar-refractivity contribution >= 4 is 11.7 Å². The van der Waals surface area contributed by atoms with Crippen LogP contribution in [0.4, 0.5) is 0 Å². The van der Waals surface area contributed by atoms with Crippen molar-refractivity contribution in [1.82, 2.24) is 0 Å². The van der Waals surface area contributed by atoms with Crippen LogP contribution in [0.2, 0.25) is 0 Å². The first-order chi connectivity index (χ1) is 8.61. The maximum absolute atomic E-state index is 11.8. The van der Waals surface area contributed by atoms with Crippen molar-refractivity contribution in [2.24, 2.45) is 11.7 Å². The van der Waals surface area contributed by atoms with E-state index >= 15 is 0 Å². The zero-order valence-corrected chi connectivity index (χ0v) is 10.4. The molecule has 1 amide bonds. The quantitative estimate of drug-likeness (QED) is 0.781. The molecule has 1 fully saturated rings. The second kappa shape index (κ2) is 5.21. The Labute approximate surface area is 106 Å². The highest BCUT2D eigenvalue weighted by atomic mass is 16.5. The molecule has 2 rings (SSSR count). The fraction of sp³-hybridized carbons (Fsp3) is 0.429. The molecule has 96 valence electrons. The van der Waals surface area contributed by atoms with E-state index in [0.717, 1.165) is 12.8 Å². The van der Waals surface area contributed by atoms with E-state index in [1.54, 1.807) is 24.3 Å². The second-order valence-electron chi connectivity index (χ2n) is 4.58. The molecule has 1 aliphatic carbocycles. The lowest BCUT2D eigenvalue weighted by molar-refractivity contribution is -0.124. The fourth-order valence-electron chi connectivity index (χ4n) is 1.79. The Kier molecular flexibility index (Phi) is 3.65. The smallest absolute Gasteiger partial charge is 0.258 e. The number of primary amides is 1. The van der Waals surface area contributed by atoms with Crippen LogP contribution in [-0.4, -0.2) is 17.8 Å². The molecule has 2 N–H and O–H groups in total. The molecule has 1 atom stereocenters. The van der Waals surface area contributed by atoms with Gasteiger partial charge in [-0.3, -0.25) is 9.59 Å². The van der Waals surface area contributed by atoms with Crippen LogP contribution in [0, 0.1) is 5.92 Å². The molecule has 0 aromatic heterocycles. The minimum Gasteiger partial charge on any atom is -0.481 e. The van der Waals surface area contributed by atoms with Crippen molar-refractivity contribution < 1.29 is 14.3 Å². The standard InChI is InChI=1S/C14H17NO3/c1-2-12(14(15)17)18-11-7-5-10(6-8-11)13(16)9-3-4-9/h5-9,12H,2-4H2,1H3,(H2,15,17). The minimum atomic E-state index is -0.616. The first-order valence-corrected chi connectivity index (χ1v) is 6.22. The summed E-state index contributed by atoms with van der Waals surface area (Å²) in [5.74, 6) is 0.498. The number of Topliss-reactive ketones (excluding diaryl/α,β-unsaturated/α-hetero) is 1. The molecule has 1 aromatic carbocycles. The molecule has 4 nitrogen and oxygen atoms in total. The Morgan fingerprint density at radius 2 is 1.94 bits per heavy atom. The SMILES string of the molecule is CCC(Oc1ccc(C(=O)C2CC2)cc1)C(N)=O. The lowest BCUT2D eigenvalue weighted by atomic mass is 10.1. The third-order valence-electron chi connectivity index (χ3n) is 3.05. The molecule has 1 saturated carbocycles. The number of carbonyl (C=O) groups is 2. The largest absolute Gasteiger partial charge is 0.481 e. The summed E-state index contributed by atoms with van der Waals surface area (Å²) in [4.78, 5) is 22.8. The lowest BCUT2D eigenvalue weighted by Crippen LogP contribution is -2.32. The van der Waals surface area contributed by atoms with Gasteiger partial charge in [0.2, 0.25) is 0 Å². The van der Waals surface area contributed by atoms with Crippen molar-refractivity contribution in [3.8, 4) is 5.75 Å². The molecule has 0 spiro atoms. The molecule has 1 unspecified atom stereocenters. The molecule has 0 radical (unpaired) electrons. The minimum absolute atomic E-state index is 0.198. The number of hydrogen-bond acceptors (Lipinski definition) is 3. The zero-order chi connectivity index (χ0) is 13.1. The molecule has 0 heterocycles. The van der Waals surface area contributed by atoms with Crippen molar-refractivity contribution in [2.75, 3.05) is 0 Å². The van der Waals surface area contributed by atoms with Crippen molar-refractivity contribution in [1.29, 1.82) is 0 Å². The number of ketones is 1. The third kappa shape index (κ3) is 2.88. The van der Waals surface area contributed by atoms with Crippen LogP contribution < -0.4 is 10.5 Å². The molecule has 0 bridgehead atoms. The van der Waals surface area contributed by atoms with E-state index in [1.807, 2.05) is 6.92 Å². The number of ether oxygens (including phenoxy) is 1. The van der Waals surface area contributed by atoms with E-state index in [2.05, 4.69) is 0 Å². The molecule has 1 aromatic rings. The number of benzene rings is 1. The highest BCUT2D eigenvalue weighted by Gasteiger charge is 2.30. The van der Waals surface area contributed by atoms with E-state index in [0.29, 0.717) is 17.7 Å². The Balaban J connectivity index is 2.02. The normalized spacial score (nSPS) is 16.1. The molecule has 4 heteroatoms. The maximum Gasteiger partial charge on any atom is 0.258 e. The summed E-state index contributed by atoms with van der Waals surface area (Å²) in [6, 6.07) is 6.90. The summed E-state index contributed by atoms with van der Waals surface area (Å²) < 4.78 is 5.45. The van der Waals surface area contributed by atoms with Crippen molar-refractivity contribution in [3.05, 3.63) is 29.8 Å². The van der Waals surface area contributed by atoms with Crippen LogP contribution in [0.15, 0.2) is 24.3 Å². The summed E-state index contributed by atoms with van der Waals surface area (Å²) in [6.45, 7) is 1.83. The van der Waals surface area contributed by atoms with Gasteiger partial charge in [0.05, 0.1) is 0 Å². The van der Waals surface area contributed by atoms with Crippen molar-refractivity contribution in [3.63, 3.8) is 0 Å². The summed E-state index contributed by atoms with van der Waals surface area (Å²) in [5, 5.41) is 0. The first kappa shape index (κ1) is 12.6. The third-order valence-corrected chi connectivity index (χ3v) is 3.05. The Morgan fingerprint density at radius 3 is 2.39 bits per heavy atom. The summed E-state index contributed by atoms with van der Waals surface area (Å²) in [6.07, 6.45) is 1.90. The van der Waals surface area contributed by atoms with E-state index in [4.69, 9.17) is 10.5 Å². The molecule has 0 saturated heterocycles. The number of nitrogens with two attached hydrogens (primary N) is 1. The fourth-order valence-corrected chi connectivity index (χ4v) is 1.79. The van der Waals surface area contributed by atoms with Crippen LogP contribution in [-0.2, 0) is 4.79 Å². The van der Waals surface area contributed by atoms with E-state index in [1.165, 1.54) is 0 Å². The highest BCUT2D eigenvalue weighted by Crippen LogP contribution is 2.32. The monoisotopic (exact) mass is 247 g/mol. The second-order valence-corrected chi connectivity index (χ2v) is 4.58. The number of amides is 1. The molecular formula is C14H17NO3. The predicted molar refractivity (Wildman–Crippen MR) is 67.4 cm³/mol. The Hall–Kier alpha value is -1.84. The molecule has 1 aliphatic rings. The molecular weight excluding hydrogens is 230 g/mol. The summed E-state index contributed by atoms with van der Waals surface area (Å²) in [5.41, 5.74) is 5.91. The predicted octanol–water partition coefficient (Wildman–Crippen LogP) is 1.92. The van der Waals surface area contributed by atoms with E-state index in [9.17, 15) is 9.59 Å². The average Bonchev–Trinajstić information content (AvgIpc) is 3.19. The van der Waals surface area contributed by atoms with Gasteiger partial charge in [-0.2, -0.15) is 0 Å². The average molecular weight is 247 g/mol. The van der Waals surface area contributed by atoms with Crippen LogP contribution in [0.1, 0.15) is 36.5 Å². The highest BCUT2D eigenvalue weighted by molar-refractivity contribution is 5.99. The molecule has 0 aliphatic heterocycles. The van der Waals surface area contributed by atoms with Gasteiger partial charge in [0, 0.05) is 11.5 Å². The van der Waals surface area contributed by atoms with Gasteiger partial charge >= 0.3 is 0 Å². The van der Waals surface area contributed by atoms with Gasteiger partial charge in [-0.15, -0.1) is 0 Å². The Bertz CT molecular complexity index is 449. The van der Waals surface area contributed by atoms with Crippen LogP contribution in [0.25, 0.3) is 0 Å². The van der Waals surface area contributed by atoms with E-state index in [-0.39, 0.29) is 11.7 Å². The van der Waals surface area contributed by atoms with E-state index < -0.39 is 12.0 Å². The maximum atomic E-state index is 11.8. The van der Waals surface area contributed by atoms with Crippen LogP contribution >= 0.6 is 0 Å². The molecule has 18 heavy (non-hydrogen) atoms. The van der Waals surface area contributed by atoms with Crippen LogP contribution in [0.3, 0.4) is 0 Å². The summed E-state index contributed by atoms with van der Waals surface area (Å²) in [7, 11) is 0. The first-order valence-electron chi connectivity index (χ1n) is 6.22. The number of rotatable bonds is 6. The lowest BCUT2D eigenvalue weighted by Gasteiger charge is -2.14. The van der Waals surface area contributed by atoms with Gasteiger partial charge in [-0.05, 0) is 43.5 Å². The van der Waals surface area contributed by atoms with Crippen LogP contribution in [0.5, 0.6) is 5.75 Å².